The first kappa shape index (κ1) is 25.7. The van der Waals surface area contributed by atoms with E-state index in [1.165, 1.54) is 11.8 Å². The Labute approximate surface area is 216 Å². The Balaban J connectivity index is 1.23. The largest absolute Gasteiger partial charge is 0.465 e. The van der Waals surface area contributed by atoms with Crippen LogP contribution in [0.5, 0.6) is 0 Å². The number of unbranched alkanes of at least 4 members (excludes halogenated alkanes) is 1. The van der Waals surface area contributed by atoms with Crippen LogP contribution in [0.1, 0.15) is 84.1 Å². The fraction of sp³-hybridized carbons (Fsp3) is 0.741. The van der Waals surface area contributed by atoms with Crippen LogP contribution in [0, 0.1) is 11.3 Å². The van der Waals surface area contributed by atoms with Gasteiger partial charge in [0.15, 0.2) is 5.16 Å². The molecule has 1 saturated heterocycles. The van der Waals surface area contributed by atoms with Gasteiger partial charge >= 0.3 is 5.97 Å². The monoisotopic (exact) mass is 520 g/mol. The Morgan fingerprint density at radius 1 is 1.28 bits per heavy atom. The quantitative estimate of drug-likeness (QED) is 0.178. The molecule has 0 amide bonds. The van der Waals surface area contributed by atoms with Crippen molar-refractivity contribution in [1.82, 2.24) is 14.5 Å². The van der Waals surface area contributed by atoms with Crippen LogP contribution in [0.3, 0.4) is 0 Å². The molecule has 3 heterocycles. The predicted molar refractivity (Wildman–Crippen MR) is 139 cm³/mol. The molecule has 5 rings (SSSR count). The van der Waals surface area contributed by atoms with Gasteiger partial charge in [-0.1, -0.05) is 44.9 Å². The normalized spacial score (nSPS) is 21.2. The summed E-state index contributed by atoms with van der Waals surface area (Å²) in [5.41, 5.74) is 1.67. The number of esters is 1. The summed E-state index contributed by atoms with van der Waals surface area (Å²) in [4.78, 5) is 23.4. The molecule has 6 nitrogen and oxygen atoms in total. The first-order chi connectivity index (χ1) is 17.4. The van der Waals surface area contributed by atoms with Crippen LogP contribution in [0.25, 0.3) is 11.0 Å². The van der Waals surface area contributed by atoms with Gasteiger partial charge in [-0.15, -0.1) is 0 Å². The zero-order valence-electron chi connectivity index (χ0n) is 21.5. The van der Waals surface area contributed by atoms with Gasteiger partial charge in [0.25, 0.3) is 5.92 Å². The molecule has 0 bridgehead atoms. The van der Waals surface area contributed by atoms with E-state index in [0.717, 1.165) is 55.2 Å². The second-order valence-electron chi connectivity index (χ2n) is 10.9. The minimum atomic E-state index is -2.67. The number of ether oxygens (including phenoxy) is 1. The molecule has 2 aromatic heterocycles. The molecule has 36 heavy (non-hydrogen) atoms. The van der Waals surface area contributed by atoms with E-state index in [2.05, 4.69) is 23.4 Å². The van der Waals surface area contributed by atoms with Crippen LogP contribution < -0.4 is 4.90 Å². The van der Waals surface area contributed by atoms with Gasteiger partial charge in [-0.3, -0.25) is 4.79 Å². The van der Waals surface area contributed by atoms with Crippen LogP contribution >= 0.6 is 11.8 Å². The van der Waals surface area contributed by atoms with E-state index in [1.54, 1.807) is 0 Å². The smallest absolute Gasteiger partial charge is 0.306 e. The molecule has 0 N–H and O–H groups in total. The van der Waals surface area contributed by atoms with Crippen LogP contribution in [-0.2, 0) is 9.53 Å². The lowest BCUT2D eigenvalue weighted by Crippen LogP contribution is -2.50. The van der Waals surface area contributed by atoms with Crippen LogP contribution in [0.15, 0.2) is 17.6 Å². The minimum absolute atomic E-state index is 0.191. The number of hydrogen-bond acceptors (Lipinski definition) is 6. The number of fused-ring (bicyclic) bond motifs is 1. The third kappa shape index (κ3) is 5.36. The minimum Gasteiger partial charge on any atom is -0.465 e. The van der Waals surface area contributed by atoms with Gasteiger partial charge in [0, 0.05) is 30.0 Å². The summed E-state index contributed by atoms with van der Waals surface area (Å²) in [6.07, 6.45) is 12.5. The van der Waals surface area contributed by atoms with Crippen LogP contribution in [0.4, 0.5) is 14.5 Å². The number of carbonyl (C=O) groups excluding carboxylic acids is 1. The van der Waals surface area contributed by atoms with E-state index < -0.39 is 11.3 Å². The van der Waals surface area contributed by atoms with Crippen molar-refractivity contribution in [3.05, 3.63) is 12.4 Å². The van der Waals surface area contributed by atoms with Gasteiger partial charge in [0.1, 0.15) is 5.52 Å². The molecule has 0 aromatic carbocycles. The summed E-state index contributed by atoms with van der Waals surface area (Å²) in [7, 11) is 0. The third-order valence-electron chi connectivity index (χ3n) is 8.25. The van der Waals surface area contributed by atoms with Crippen molar-refractivity contribution >= 4 is 34.5 Å². The fourth-order valence-corrected chi connectivity index (χ4v) is 6.09. The highest BCUT2D eigenvalue weighted by molar-refractivity contribution is 7.99. The van der Waals surface area contributed by atoms with E-state index in [1.807, 2.05) is 17.3 Å². The van der Waals surface area contributed by atoms with Gasteiger partial charge < -0.3 is 14.2 Å². The zero-order chi connectivity index (χ0) is 25.3. The summed E-state index contributed by atoms with van der Waals surface area (Å²) < 4.78 is 37.6. The Morgan fingerprint density at radius 2 is 2.08 bits per heavy atom. The van der Waals surface area contributed by atoms with E-state index in [9.17, 15) is 13.6 Å². The van der Waals surface area contributed by atoms with Gasteiger partial charge in [-0.05, 0) is 44.4 Å². The Kier molecular flexibility index (Phi) is 7.48. The molecule has 1 spiro atoms. The highest BCUT2D eigenvalue weighted by Crippen LogP contribution is 2.61. The first-order valence-corrected chi connectivity index (χ1v) is 14.6. The Hall–Kier alpha value is -1.90. The number of alkyl halides is 2. The maximum absolute atomic E-state index is 14.9. The van der Waals surface area contributed by atoms with Crippen molar-refractivity contribution in [1.29, 1.82) is 0 Å². The number of anilines is 1. The lowest BCUT2D eigenvalue weighted by atomic mass is 9.89. The number of carbonyl (C=O) groups is 1. The van der Waals surface area contributed by atoms with Crippen molar-refractivity contribution in [3.63, 3.8) is 0 Å². The number of halogens is 2. The highest BCUT2D eigenvalue weighted by atomic mass is 32.2. The molecule has 3 aliphatic rings. The lowest BCUT2D eigenvalue weighted by molar-refractivity contribution is -0.144. The van der Waals surface area contributed by atoms with E-state index in [0.29, 0.717) is 61.7 Å². The molecular formula is C27H38F2N4O2S. The Bertz CT molecular complexity index is 1080. The number of piperidine rings is 1. The van der Waals surface area contributed by atoms with Gasteiger partial charge in [-0.25, -0.2) is 18.7 Å². The molecule has 1 unspecified atom stereocenters. The van der Waals surface area contributed by atoms with Crippen LogP contribution in [-0.4, -0.2) is 51.9 Å². The molecule has 2 aromatic rings. The van der Waals surface area contributed by atoms with E-state index in [4.69, 9.17) is 9.72 Å². The fourth-order valence-electron chi connectivity index (χ4n) is 5.35. The molecular weight excluding hydrogens is 482 g/mol. The van der Waals surface area contributed by atoms with Crippen molar-refractivity contribution in [2.24, 2.45) is 11.3 Å². The summed E-state index contributed by atoms with van der Waals surface area (Å²) in [5.74, 6) is -1.90. The van der Waals surface area contributed by atoms with Gasteiger partial charge in [0.05, 0.1) is 37.0 Å². The number of hydrogen-bond donors (Lipinski definition) is 0. The van der Waals surface area contributed by atoms with Crippen LogP contribution in [0.2, 0.25) is 0 Å². The van der Waals surface area contributed by atoms with Crippen molar-refractivity contribution < 1.29 is 18.3 Å². The van der Waals surface area contributed by atoms with E-state index in [-0.39, 0.29) is 12.5 Å². The van der Waals surface area contributed by atoms with Gasteiger partial charge in [-0.2, -0.15) is 0 Å². The molecule has 198 valence electrons. The summed E-state index contributed by atoms with van der Waals surface area (Å²) in [6.45, 7) is 5.19. The second kappa shape index (κ2) is 10.5. The number of rotatable bonds is 12. The molecule has 3 fully saturated rings. The molecule has 1 atom stereocenters. The second-order valence-corrected chi connectivity index (χ2v) is 12.0. The highest BCUT2D eigenvalue weighted by Gasteiger charge is 2.63. The molecule has 1 aliphatic heterocycles. The van der Waals surface area contributed by atoms with Gasteiger partial charge in [0.2, 0.25) is 0 Å². The number of nitrogens with zero attached hydrogens (tertiary/aromatic N) is 4. The summed E-state index contributed by atoms with van der Waals surface area (Å²) in [6, 6.07) is 0.405. The third-order valence-corrected chi connectivity index (χ3v) is 9.11. The lowest BCUT2D eigenvalue weighted by Gasteiger charge is -2.39. The molecule has 0 radical (unpaired) electrons. The standard InChI is InChI=1S/C27H38F2N4O2S/c1-3-5-6-19(4-2)17-35-23(34)9-14-36-25-30-15-21-24(31-25)22(16-33(21)20-7-8-20)32-13-12-26(10-11-26)27(28,29)18-32/h15-16,19-20H,3-14,17-18H2,1-2H3. The summed E-state index contributed by atoms with van der Waals surface area (Å²) >= 11 is 1.42. The molecule has 2 saturated carbocycles. The summed E-state index contributed by atoms with van der Waals surface area (Å²) in [5, 5.41) is 0.571. The first-order valence-electron chi connectivity index (χ1n) is 13.6. The number of aromatic nitrogens is 3. The maximum Gasteiger partial charge on any atom is 0.306 e. The number of thioether (sulfide) groups is 1. The SMILES string of the molecule is CCCCC(CC)COC(=O)CCSc1ncc2c(n1)c(N1CCC3(CC3)C(F)(F)C1)cn2C1CC1. The molecule has 9 heteroatoms. The van der Waals surface area contributed by atoms with Crippen molar-refractivity contribution in [3.8, 4) is 0 Å². The molecule has 2 aliphatic carbocycles. The maximum atomic E-state index is 14.9. The zero-order valence-corrected chi connectivity index (χ0v) is 22.3. The average molecular weight is 521 g/mol. The topological polar surface area (TPSA) is 60.2 Å². The van der Waals surface area contributed by atoms with E-state index >= 15 is 0 Å². The average Bonchev–Trinajstić information content (AvgIpc) is 3.79. The van der Waals surface area contributed by atoms with Crippen molar-refractivity contribution in [2.75, 3.05) is 30.3 Å². The predicted octanol–water partition coefficient (Wildman–Crippen LogP) is 6.63. The van der Waals surface area contributed by atoms with Crippen molar-refractivity contribution in [2.45, 2.75) is 95.2 Å². The Morgan fingerprint density at radius 3 is 2.75 bits per heavy atom.